The van der Waals surface area contributed by atoms with Gasteiger partial charge in [0.05, 0.1) is 23.0 Å². The lowest BCUT2D eigenvalue weighted by atomic mass is 10.2. The molecule has 0 aliphatic carbocycles. The van der Waals surface area contributed by atoms with Crippen molar-refractivity contribution in [2.75, 3.05) is 5.32 Å². The highest BCUT2D eigenvalue weighted by Gasteiger charge is 2.20. The Labute approximate surface area is 120 Å². The van der Waals surface area contributed by atoms with Crippen molar-refractivity contribution in [1.82, 2.24) is 9.97 Å². The molecule has 108 valence electrons. The summed E-state index contributed by atoms with van der Waals surface area (Å²) in [7, 11) is 0. The van der Waals surface area contributed by atoms with Crippen molar-refractivity contribution in [3.63, 3.8) is 0 Å². The molecule has 1 N–H and O–H groups in total. The van der Waals surface area contributed by atoms with Crippen molar-refractivity contribution >= 4 is 28.9 Å². The van der Waals surface area contributed by atoms with Crippen LogP contribution in [0.15, 0.2) is 24.5 Å². The number of aromatic nitrogens is 2. The maximum Gasteiger partial charge on any atom is 0.307 e. The minimum atomic E-state index is -1.35. The molecule has 0 saturated heterocycles. The van der Waals surface area contributed by atoms with Gasteiger partial charge in [0.25, 0.3) is 5.91 Å². The van der Waals surface area contributed by atoms with E-state index in [1.807, 2.05) is 5.32 Å². The molecule has 0 fully saturated rings. The Kier molecular flexibility index (Phi) is 4.03. The van der Waals surface area contributed by atoms with E-state index < -0.39 is 33.8 Å². The van der Waals surface area contributed by atoms with Crippen molar-refractivity contribution in [1.29, 1.82) is 0 Å². The van der Waals surface area contributed by atoms with Gasteiger partial charge in [-0.15, -0.1) is 0 Å². The van der Waals surface area contributed by atoms with E-state index in [1.54, 1.807) is 0 Å². The zero-order valence-electron chi connectivity index (χ0n) is 10.0. The van der Waals surface area contributed by atoms with Gasteiger partial charge >= 0.3 is 5.69 Å². The summed E-state index contributed by atoms with van der Waals surface area (Å²) in [5, 5.41) is 12.5. The van der Waals surface area contributed by atoms with Crippen molar-refractivity contribution in [3.05, 3.63) is 57.1 Å². The molecule has 0 radical (unpaired) electrons. The fourth-order valence-corrected chi connectivity index (χ4v) is 1.56. The summed E-state index contributed by atoms with van der Waals surface area (Å²) in [4.78, 5) is 28.6. The van der Waals surface area contributed by atoms with E-state index in [9.17, 15) is 23.7 Å². The number of benzene rings is 1. The second kappa shape index (κ2) is 5.75. The molecule has 0 saturated carbocycles. The van der Waals surface area contributed by atoms with Crippen molar-refractivity contribution in [2.24, 2.45) is 0 Å². The Morgan fingerprint density at radius 1 is 1.29 bits per heavy atom. The molecule has 0 aliphatic heterocycles. The molecular weight excluding hydrogens is 310 g/mol. The third kappa shape index (κ3) is 3.26. The lowest BCUT2D eigenvalue weighted by Gasteiger charge is -2.06. The molecule has 2 aromatic rings. The monoisotopic (exact) mass is 314 g/mol. The van der Waals surface area contributed by atoms with Crippen LogP contribution >= 0.6 is 11.6 Å². The summed E-state index contributed by atoms with van der Waals surface area (Å²) in [6, 6.07) is 0.873. The molecule has 7 nitrogen and oxygen atoms in total. The summed E-state index contributed by atoms with van der Waals surface area (Å²) >= 11 is 5.54. The predicted octanol–water partition coefficient (Wildman–Crippen LogP) is 2.57. The van der Waals surface area contributed by atoms with Crippen LogP contribution in [0.4, 0.5) is 20.2 Å². The number of carbonyl (C=O) groups excluding carboxylic acids is 1. The highest BCUT2D eigenvalue weighted by atomic mass is 35.5. The molecule has 10 heteroatoms. The lowest BCUT2D eigenvalue weighted by molar-refractivity contribution is -0.387. The smallest absolute Gasteiger partial charge is 0.307 e. The Bertz CT molecular complexity index is 741. The molecule has 0 aliphatic rings. The molecule has 0 atom stereocenters. The maximum absolute atomic E-state index is 13.5. The van der Waals surface area contributed by atoms with Crippen LogP contribution in [0.2, 0.25) is 5.15 Å². The number of halogens is 3. The summed E-state index contributed by atoms with van der Waals surface area (Å²) in [5.74, 6) is -3.41. The van der Waals surface area contributed by atoms with Crippen LogP contribution < -0.4 is 5.32 Å². The first-order valence-electron chi connectivity index (χ1n) is 5.31. The normalized spacial score (nSPS) is 10.2. The molecule has 1 heterocycles. The van der Waals surface area contributed by atoms with E-state index in [4.69, 9.17) is 11.6 Å². The minimum Gasteiger partial charge on any atom is -0.318 e. The average Bonchev–Trinajstić information content (AvgIpc) is 2.41. The predicted molar refractivity (Wildman–Crippen MR) is 68.0 cm³/mol. The van der Waals surface area contributed by atoms with Crippen LogP contribution in [0.25, 0.3) is 0 Å². The maximum atomic E-state index is 13.5. The van der Waals surface area contributed by atoms with Gasteiger partial charge in [-0.1, -0.05) is 11.6 Å². The molecule has 0 bridgehead atoms. The largest absolute Gasteiger partial charge is 0.318 e. The quantitative estimate of drug-likeness (QED) is 0.693. The number of rotatable bonds is 3. The van der Waals surface area contributed by atoms with E-state index in [0.717, 1.165) is 6.20 Å². The zero-order valence-corrected chi connectivity index (χ0v) is 10.8. The van der Waals surface area contributed by atoms with E-state index >= 15 is 0 Å². The van der Waals surface area contributed by atoms with Crippen molar-refractivity contribution in [3.8, 4) is 0 Å². The molecule has 1 amide bonds. The Hall–Kier alpha value is -2.68. The van der Waals surface area contributed by atoms with Crippen LogP contribution in [0.3, 0.4) is 0 Å². The van der Waals surface area contributed by atoms with Gasteiger partial charge in [0.1, 0.15) is 16.7 Å². The third-order valence-electron chi connectivity index (χ3n) is 2.32. The SMILES string of the molecule is O=C(Nc1cc([N+](=O)[O-])c(F)cc1F)c1cncc(Cl)n1. The van der Waals surface area contributed by atoms with E-state index in [2.05, 4.69) is 9.97 Å². The van der Waals surface area contributed by atoms with E-state index in [1.165, 1.54) is 6.20 Å². The molecule has 0 spiro atoms. The lowest BCUT2D eigenvalue weighted by Crippen LogP contribution is -2.15. The number of hydrogen-bond donors (Lipinski definition) is 1. The van der Waals surface area contributed by atoms with E-state index in [0.29, 0.717) is 12.1 Å². The number of anilines is 1. The highest BCUT2D eigenvalue weighted by Crippen LogP contribution is 2.25. The molecule has 0 unspecified atom stereocenters. The minimum absolute atomic E-state index is 0.0618. The van der Waals surface area contributed by atoms with Crippen molar-refractivity contribution in [2.45, 2.75) is 0 Å². The fourth-order valence-electron chi connectivity index (χ4n) is 1.41. The van der Waals surface area contributed by atoms with Gasteiger partial charge in [0, 0.05) is 12.1 Å². The van der Waals surface area contributed by atoms with Crippen LogP contribution in [-0.4, -0.2) is 20.8 Å². The van der Waals surface area contributed by atoms with Gasteiger partial charge in [-0.05, 0) is 0 Å². The zero-order chi connectivity index (χ0) is 15.6. The summed E-state index contributed by atoms with van der Waals surface area (Å²) in [5.41, 5.74) is -1.76. The third-order valence-corrected chi connectivity index (χ3v) is 2.50. The summed E-state index contributed by atoms with van der Waals surface area (Å²) < 4.78 is 26.7. The van der Waals surface area contributed by atoms with Gasteiger partial charge < -0.3 is 5.32 Å². The fraction of sp³-hybridized carbons (Fsp3) is 0. The number of amides is 1. The van der Waals surface area contributed by atoms with Gasteiger partial charge in [-0.2, -0.15) is 4.39 Å². The average molecular weight is 315 g/mol. The van der Waals surface area contributed by atoms with Crippen LogP contribution in [0, 0.1) is 21.7 Å². The Morgan fingerprint density at radius 2 is 2.00 bits per heavy atom. The topological polar surface area (TPSA) is 98.0 Å². The molecule has 21 heavy (non-hydrogen) atoms. The van der Waals surface area contributed by atoms with E-state index in [-0.39, 0.29) is 10.8 Å². The number of nitro benzene ring substituents is 1. The number of nitrogens with zero attached hydrogens (tertiary/aromatic N) is 3. The second-order valence-corrected chi connectivity index (χ2v) is 4.11. The van der Waals surface area contributed by atoms with Gasteiger partial charge in [0.15, 0.2) is 0 Å². The van der Waals surface area contributed by atoms with Gasteiger partial charge in [-0.3, -0.25) is 19.9 Å². The molecule has 1 aromatic carbocycles. The highest BCUT2D eigenvalue weighted by molar-refractivity contribution is 6.29. The Morgan fingerprint density at radius 3 is 2.62 bits per heavy atom. The number of hydrogen-bond acceptors (Lipinski definition) is 5. The summed E-state index contributed by atoms with van der Waals surface area (Å²) in [6.07, 6.45) is 2.25. The van der Waals surface area contributed by atoms with Gasteiger partial charge in [0.2, 0.25) is 5.82 Å². The first kappa shape index (κ1) is 14.7. The molecular formula is C11H5ClF2N4O3. The first-order valence-corrected chi connectivity index (χ1v) is 5.68. The summed E-state index contributed by atoms with van der Waals surface area (Å²) in [6.45, 7) is 0. The van der Waals surface area contributed by atoms with Crippen molar-refractivity contribution < 1.29 is 18.5 Å². The molecule has 1 aromatic heterocycles. The number of nitrogens with one attached hydrogen (secondary N) is 1. The second-order valence-electron chi connectivity index (χ2n) is 3.72. The van der Waals surface area contributed by atoms with Gasteiger partial charge in [-0.25, -0.2) is 9.37 Å². The van der Waals surface area contributed by atoms with Crippen LogP contribution in [0.1, 0.15) is 10.5 Å². The standard InChI is InChI=1S/C11H5ClF2N4O3/c12-10-4-15-3-8(16-10)11(19)17-7-2-9(18(20)21)6(14)1-5(7)13/h1-4H,(H,17,19). The van der Waals surface area contributed by atoms with Crippen LogP contribution in [-0.2, 0) is 0 Å². The number of carbonyl (C=O) groups is 1. The van der Waals surface area contributed by atoms with Crippen LogP contribution in [0.5, 0.6) is 0 Å². The first-order chi connectivity index (χ1) is 9.88. The number of nitro groups is 1. The molecule has 2 rings (SSSR count). The Balaban J connectivity index is 2.33.